The van der Waals surface area contributed by atoms with E-state index in [4.69, 9.17) is 4.74 Å². The summed E-state index contributed by atoms with van der Waals surface area (Å²) in [6.45, 7) is 3.59. The van der Waals surface area contributed by atoms with E-state index in [9.17, 15) is 19.7 Å². The Labute approximate surface area is 150 Å². The number of esters is 1. The van der Waals surface area contributed by atoms with E-state index in [1.807, 2.05) is 4.57 Å². The molecule has 0 radical (unpaired) electrons. The molecule has 0 amide bonds. The number of nitro benzene ring substituents is 1. The minimum Gasteiger partial charge on any atom is -0.462 e. The van der Waals surface area contributed by atoms with Crippen molar-refractivity contribution in [2.24, 2.45) is 0 Å². The summed E-state index contributed by atoms with van der Waals surface area (Å²) in [4.78, 5) is 36.0. The first kappa shape index (κ1) is 18.1. The fraction of sp³-hybridized carbons (Fsp3) is 0.474. The number of carbonyl (C=O) groups excluding carboxylic acids is 1. The molecule has 1 heterocycles. The van der Waals surface area contributed by atoms with Crippen LogP contribution in [-0.2, 0) is 4.74 Å². The Balaban J connectivity index is 2.33. The van der Waals surface area contributed by atoms with E-state index in [1.54, 1.807) is 19.9 Å². The van der Waals surface area contributed by atoms with E-state index < -0.39 is 16.3 Å². The average molecular weight is 358 g/mol. The quantitative estimate of drug-likeness (QED) is 0.469. The van der Waals surface area contributed by atoms with Crippen LogP contribution in [0.3, 0.4) is 0 Å². The Bertz CT molecular complexity index is 926. The zero-order chi connectivity index (χ0) is 18.8. The predicted octanol–water partition coefficient (Wildman–Crippen LogP) is 3.90. The lowest BCUT2D eigenvalue weighted by atomic mass is 9.93. The summed E-state index contributed by atoms with van der Waals surface area (Å²) in [5.74, 6) is -0.673. The van der Waals surface area contributed by atoms with Gasteiger partial charge in [-0.15, -0.1) is 0 Å². The molecular weight excluding hydrogens is 336 g/mol. The van der Waals surface area contributed by atoms with Gasteiger partial charge in [-0.05, 0) is 32.8 Å². The van der Waals surface area contributed by atoms with Gasteiger partial charge in [-0.3, -0.25) is 14.9 Å². The molecule has 7 heteroatoms. The number of fused-ring (bicyclic) bond motifs is 1. The van der Waals surface area contributed by atoms with Gasteiger partial charge in [-0.1, -0.05) is 19.3 Å². The summed E-state index contributed by atoms with van der Waals surface area (Å²) in [6.07, 6.45) is 5.25. The van der Waals surface area contributed by atoms with Crippen LogP contribution in [0.15, 0.2) is 23.0 Å². The molecule has 1 aromatic carbocycles. The number of non-ortho nitro benzene ring substituents is 1. The number of hydrogen-bond donors (Lipinski definition) is 0. The molecule has 26 heavy (non-hydrogen) atoms. The summed E-state index contributed by atoms with van der Waals surface area (Å²) >= 11 is 0. The van der Waals surface area contributed by atoms with Crippen molar-refractivity contribution in [3.63, 3.8) is 0 Å². The highest BCUT2D eigenvalue weighted by Gasteiger charge is 2.26. The van der Waals surface area contributed by atoms with Gasteiger partial charge in [-0.25, -0.2) is 4.79 Å². The van der Waals surface area contributed by atoms with E-state index in [0.717, 1.165) is 25.7 Å². The Kier molecular flexibility index (Phi) is 5.06. The molecule has 0 spiro atoms. The Morgan fingerprint density at radius 2 is 2.00 bits per heavy atom. The van der Waals surface area contributed by atoms with E-state index in [2.05, 4.69) is 0 Å². The van der Waals surface area contributed by atoms with E-state index in [1.165, 1.54) is 18.6 Å². The lowest BCUT2D eigenvalue weighted by Gasteiger charge is -2.29. The lowest BCUT2D eigenvalue weighted by Crippen LogP contribution is -2.27. The first-order valence-electron chi connectivity index (χ1n) is 8.96. The van der Waals surface area contributed by atoms with Crippen molar-refractivity contribution in [3.8, 4) is 0 Å². The van der Waals surface area contributed by atoms with Crippen LogP contribution in [0.2, 0.25) is 0 Å². The molecule has 2 aromatic rings. The maximum atomic E-state index is 12.9. The van der Waals surface area contributed by atoms with Crippen LogP contribution in [0.4, 0.5) is 5.69 Å². The third kappa shape index (κ3) is 3.09. The van der Waals surface area contributed by atoms with Gasteiger partial charge in [0.05, 0.1) is 22.4 Å². The van der Waals surface area contributed by atoms with Crippen LogP contribution < -0.4 is 5.43 Å². The summed E-state index contributed by atoms with van der Waals surface area (Å²) in [6, 6.07) is 4.45. The topological polar surface area (TPSA) is 91.4 Å². The van der Waals surface area contributed by atoms with E-state index in [0.29, 0.717) is 11.2 Å². The highest BCUT2D eigenvalue weighted by molar-refractivity contribution is 5.95. The van der Waals surface area contributed by atoms with Crippen LogP contribution in [0.25, 0.3) is 10.9 Å². The number of rotatable bonds is 4. The monoisotopic (exact) mass is 358 g/mol. The number of pyridine rings is 1. The molecule has 3 rings (SSSR count). The largest absolute Gasteiger partial charge is 0.462 e. The van der Waals surface area contributed by atoms with Gasteiger partial charge in [0.25, 0.3) is 5.69 Å². The molecule has 0 saturated heterocycles. The van der Waals surface area contributed by atoms with Crippen molar-refractivity contribution < 1.29 is 14.5 Å². The number of benzene rings is 1. The molecule has 0 N–H and O–H groups in total. The fourth-order valence-corrected chi connectivity index (χ4v) is 3.88. The van der Waals surface area contributed by atoms with Gasteiger partial charge < -0.3 is 9.30 Å². The molecule has 138 valence electrons. The molecule has 0 unspecified atom stereocenters. The minimum absolute atomic E-state index is 0.0228. The lowest BCUT2D eigenvalue weighted by molar-refractivity contribution is -0.384. The van der Waals surface area contributed by atoms with Crippen LogP contribution in [0.1, 0.15) is 61.1 Å². The molecule has 1 aliphatic carbocycles. The van der Waals surface area contributed by atoms with E-state index >= 15 is 0 Å². The maximum absolute atomic E-state index is 12.9. The molecule has 1 saturated carbocycles. The molecule has 0 bridgehead atoms. The molecule has 1 aromatic heterocycles. The number of aromatic nitrogens is 1. The smallest absolute Gasteiger partial charge is 0.343 e. The number of hydrogen-bond acceptors (Lipinski definition) is 5. The fourth-order valence-electron chi connectivity index (χ4n) is 3.88. The number of ether oxygens (including phenoxy) is 1. The normalized spacial score (nSPS) is 15.2. The Morgan fingerprint density at radius 1 is 1.31 bits per heavy atom. The molecule has 1 fully saturated rings. The van der Waals surface area contributed by atoms with Gasteiger partial charge in [0.1, 0.15) is 5.56 Å². The summed E-state index contributed by atoms with van der Waals surface area (Å²) in [5.41, 5.74) is 0.514. The van der Waals surface area contributed by atoms with Crippen molar-refractivity contribution in [2.45, 2.75) is 52.0 Å². The Hall–Kier alpha value is -2.70. The first-order chi connectivity index (χ1) is 12.5. The van der Waals surface area contributed by atoms with Crippen LogP contribution in [-0.4, -0.2) is 22.1 Å². The van der Waals surface area contributed by atoms with Crippen molar-refractivity contribution in [1.82, 2.24) is 4.57 Å². The van der Waals surface area contributed by atoms with Crippen molar-refractivity contribution >= 4 is 22.6 Å². The second-order valence-electron chi connectivity index (χ2n) is 6.63. The third-order valence-electron chi connectivity index (χ3n) is 5.06. The predicted molar refractivity (Wildman–Crippen MR) is 97.7 cm³/mol. The zero-order valence-electron chi connectivity index (χ0n) is 15.0. The minimum atomic E-state index is -0.673. The van der Waals surface area contributed by atoms with Gasteiger partial charge in [0, 0.05) is 23.9 Å². The zero-order valence-corrected chi connectivity index (χ0v) is 15.0. The number of carbonyl (C=O) groups is 1. The third-order valence-corrected chi connectivity index (χ3v) is 5.06. The first-order valence-corrected chi connectivity index (χ1v) is 8.96. The molecule has 7 nitrogen and oxygen atoms in total. The second kappa shape index (κ2) is 7.27. The van der Waals surface area contributed by atoms with Crippen molar-refractivity contribution in [1.29, 1.82) is 0 Å². The van der Waals surface area contributed by atoms with Crippen LogP contribution >= 0.6 is 0 Å². The highest BCUT2D eigenvalue weighted by atomic mass is 16.6. The average Bonchev–Trinajstić information content (AvgIpc) is 2.62. The second-order valence-corrected chi connectivity index (χ2v) is 6.63. The van der Waals surface area contributed by atoms with Gasteiger partial charge >= 0.3 is 5.97 Å². The van der Waals surface area contributed by atoms with Gasteiger partial charge in [0.15, 0.2) is 0 Å². The Morgan fingerprint density at radius 3 is 2.62 bits per heavy atom. The molecule has 0 aliphatic heterocycles. The van der Waals surface area contributed by atoms with Gasteiger partial charge in [-0.2, -0.15) is 0 Å². The van der Waals surface area contributed by atoms with Crippen molar-refractivity contribution in [3.05, 3.63) is 49.8 Å². The number of nitrogens with zero attached hydrogens (tertiary/aromatic N) is 2. The van der Waals surface area contributed by atoms with Crippen LogP contribution in [0.5, 0.6) is 0 Å². The maximum Gasteiger partial charge on any atom is 0.343 e. The van der Waals surface area contributed by atoms with E-state index in [-0.39, 0.29) is 29.3 Å². The van der Waals surface area contributed by atoms with Crippen molar-refractivity contribution in [2.75, 3.05) is 6.61 Å². The summed E-state index contributed by atoms with van der Waals surface area (Å²) < 4.78 is 7.08. The summed E-state index contributed by atoms with van der Waals surface area (Å²) in [7, 11) is 0. The number of nitro groups is 1. The SMILES string of the molecule is CCOC(=O)c1c(C)n(C2CCCCC2)c2ccc([N+](=O)[O-])cc2c1=O. The molecular formula is C19H22N2O5. The highest BCUT2D eigenvalue weighted by Crippen LogP contribution is 2.33. The standard InChI is InChI=1S/C19H22N2O5/c1-3-26-19(23)17-12(2)20(13-7-5-4-6-8-13)16-10-9-14(21(24)25)11-15(16)18(17)22/h9-11,13H,3-8H2,1-2H3. The molecule has 1 aliphatic rings. The van der Waals surface area contributed by atoms with Crippen LogP contribution in [0, 0.1) is 17.0 Å². The van der Waals surface area contributed by atoms with Gasteiger partial charge in [0.2, 0.25) is 5.43 Å². The summed E-state index contributed by atoms with van der Waals surface area (Å²) in [5, 5.41) is 11.3. The molecule has 0 atom stereocenters.